The van der Waals surface area contributed by atoms with Crippen LogP contribution in [0.5, 0.6) is 5.75 Å². The number of rotatable bonds is 5. The third-order valence-electron chi connectivity index (χ3n) is 3.63. The van der Waals surface area contributed by atoms with Crippen LogP contribution in [-0.4, -0.2) is 13.2 Å². The Morgan fingerprint density at radius 1 is 1.10 bits per heavy atom. The molecule has 1 N–H and O–H groups in total. The van der Waals surface area contributed by atoms with Crippen molar-refractivity contribution in [1.29, 1.82) is 0 Å². The molecule has 0 radical (unpaired) electrons. The van der Waals surface area contributed by atoms with E-state index in [-0.39, 0.29) is 0 Å². The molecule has 1 fully saturated rings. The lowest BCUT2D eigenvalue weighted by atomic mass is 10.0. The van der Waals surface area contributed by atoms with Crippen molar-refractivity contribution in [2.75, 3.05) is 7.11 Å². The Morgan fingerprint density at radius 3 is 2.40 bits per heavy atom. The molecule has 20 heavy (non-hydrogen) atoms. The second kappa shape index (κ2) is 5.86. The Labute approximate surface area is 124 Å². The van der Waals surface area contributed by atoms with Gasteiger partial charge in [-0.2, -0.15) is 0 Å². The summed E-state index contributed by atoms with van der Waals surface area (Å²) in [4.78, 5) is 0. The molecule has 1 saturated carbocycles. The van der Waals surface area contributed by atoms with E-state index in [9.17, 15) is 0 Å². The first-order chi connectivity index (χ1) is 9.76. The summed E-state index contributed by atoms with van der Waals surface area (Å²) in [5, 5.41) is 4.31. The minimum Gasteiger partial charge on any atom is -0.497 e. The van der Waals surface area contributed by atoms with Crippen LogP contribution in [-0.2, 0) is 6.54 Å². The summed E-state index contributed by atoms with van der Waals surface area (Å²) in [5.41, 5.74) is 3.44. The zero-order chi connectivity index (χ0) is 13.9. The quantitative estimate of drug-likeness (QED) is 0.887. The van der Waals surface area contributed by atoms with Gasteiger partial charge in [-0.3, -0.25) is 0 Å². The molecule has 0 bridgehead atoms. The van der Waals surface area contributed by atoms with Crippen LogP contribution in [0.25, 0.3) is 11.1 Å². The summed E-state index contributed by atoms with van der Waals surface area (Å²) >= 11 is 6.38. The first-order valence-corrected chi connectivity index (χ1v) is 7.30. The topological polar surface area (TPSA) is 21.3 Å². The minimum absolute atomic E-state index is 0.701. The fourth-order valence-electron chi connectivity index (χ4n) is 2.20. The molecule has 2 aromatic rings. The van der Waals surface area contributed by atoms with Crippen molar-refractivity contribution >= 4 is 11.6 Å². The zero-order valence-electron chi connectivity index (χ0n) is 11.5. The van der Waals surface area contributed by atoms with Gasteiger partial charge in [-0.15, -0.1) is 0 Å². The number of methoxy groups -OCH3 is 1. The molecule has 3 heteroatoms. The van der Waals surface area contributed by atoms with E-state index < -0.39 is 0 Å². The maximum absolute atomic E-state index is 6.38. The second-order valence-electron chi connectivity index (χ2n) is 5.19. The van der Waals surface area contributed by atoms with Crippen LogP contribution in [0, 0.1) is 0 Å². The van der Waals surface area contributed by atoms with Crippen LogP contribution in [0.4, 0.5) is 0 Å². The predicted molar refractivity (Wildman–Crippen MR) is 83.3 cm³/mol. The Hall–Kier alpha value is -1.51. The van der Waals surface area contributed by atoms with E-state index in [1.165, 1.54) is 12.8 Å². The molecule has 0 saturated heterocycles. The van der Waals surface area contributed by atoms with Crippen LogP contribution in [0.3, 0.4) is 0 Å². The average molecular weight is 288 g/mol. The van der Waals surface area contributed by atoms with Crippen molar-refractivity contribution in [3.05, 3.63) is 53.1 Å². The molecule has 0 amide bonds. The standard InChI is InChI=1S/C17H18ClNO/c1-20-16-8-4-12(5-9-16)13-2-3-14(17(18)10-13)11-19-15-6-7-15/h2-5,8-10,15,19H,6-7,11H2,1H3. The summed E-state index contributed by atoms with van der Waals surface area (Å²) in [7, 11) is 1.67. The molecule has 3 rings (SSSR count). The smallest absolute Gasteiger partial charge is 0.118 e. The van der Waals surface area contributed by atoms with Gasteiger partial charge in [0.1, 0.15) is 5.75 Å². The van der Waals surface area contributed by atoms with E-state index in [4.69, 9.17) is 16.3 Å². The van der Waals surface area contributed by atoms with Gasteiger partial charge in [-0.05, 0) is 47.7 Å². The molecule has 0 spiro atoms. The number of nitrogens with one attached hydrogen (secondary N) is 1. The fraction of sp³-hybridized carbons (Fsp3) is 0.294. The largest absolute Gasteiger partial charge is 0.497 e. The van der Waals surface area contributed by atoms with Crippen LogP contribution >= 0.6 is 11.6 Å². The highest BCUT2D eigenvalue weighted by molar-refractivity contribution is 6.31. The summed E-state index contributed by atoms with van der Waals surface area (Å²) in [6, 6.07) is 15.0. The zero-order valence-corrected chi connectivity index (χ0v) is 12.3. The number of hydrogen-bond acceptors (Lipinski definition) is 2. The van der Waals surface area contributed by atoms with E-state index in [0.29, 0.717) is 6.04 Å². The minimum atomic E-state index is 0.701. The lowest BCUT2D eigenvalue weighted by Gasteiger charge is -2.09. The maximum atomic E-state index is 6.38. The van der Waals surface area contributed by atoms with Crippen LogP contribution in [0.2, 0.25) is 5.02 Å². The van der Waals surface area contributed by atoms with Crippen molar-refractivity contribution in [3.8, 4) is 16.9 Å². The molecule has 2 aromatic carbocycles. The lowest BCUT2D eigenvalue weighted by molar-refractivity contribution is 0.415. The first kappa shape index (κ1) is 13.5. The van der Waals surface area contributed by atoms with Crippen molar-refractivity contribution in [2.45, 2.75) is 25.4 Å². The average Bonchev–Trinajstić information content (AvgIpc) is 3.30. The van der Waals surface area contributed by atoms with Gasteiger partial charge in [0.05, 0.1) is 7.11 Å². The van der Waals surface area contributed by atoms with Crippen molar-refractivity contribution < 1.29 is 4.74 Å². The van der Waals surface area contributed by atoms with Crippen LogP contribution < -0.4 is 10.1 Å². The number of ether oxygens (including phenoxy) is 1. The van der Waals surface area contributed by atoms with Gasteiger partial charge in [-0.1, -0.05) is 35.9 Å². The lowest BCUT2D eigenvalue weighted by Crippen LogP contribution is -2.15. The summed E-state index contributed by atoms with van der Waals surface area (Å²) < 4.78 is 5.17. The number of benzene rings is 2. The van der Waals surface area contributed by atoms with Crippen LogP contribution in [0.15, 0.2) is 42.5 Å². The van der Waals surface area contributed by atoms with E-state index in [1.54, 1.807) is 7.11 Å². The monoisotopic (exact) mass is 287 g/mol. The summed E-state index contributed by atoms with van der Waals surface area (Å²) in [6.07, 6.45) is 2.59. The van der Waals surface area contributed by atoms with Gasteiger partial charge >= 0.3 is 0 Å². The molecule has 0 atom stereocenters. The normalized spacial score (nSPS) is 14.3. The molecule has 1 aliphatic carbocycles. The molecule has 0 aromatic heterocycles. The molecule has 1 aliphatic rings. The maximum Gasteiger partial charge on any atom is 0.118 e. The van der Waals surface area contributed by atoms with E-state index in [0.717, 1.165) is 34.0 Å². The highest BCUT2D eigenvalue weighted by atomic mass is 35.5. The highest BCUT2D eigenvalue weighted by Crippen LogP contribution is 2.28. The van der Waals surface area contributed by atoms with E-state index in [2.05, 4.69) is 17.4 Å². The molecule has 2 nitrogen and oxygen atoms in total. The summed E-state index contributed by atoms with van der Waals surface area (Å²) in [5.74, 6) is 0.866. The van der Waals surface area contributed by atoms with E-state index in [1.807, 2.05) is 30.3 Å². The van der Waals surface area contributed by atoms with Gasteiger partial charge in [0.15, 0.2) is 0 Å². The SMILES string of the molecule is COc1ccc(-c2ccc(CNC3CC3)c(Cl)c2)cc1. The first-order valence-electron chi connectivity index (χ1n) is 6.92. The third kappa shape index (κ3) is 3.14. The van der Waals surface area contributed by atoms with Crippen molar-refractivity contribution in [3.63, 3.8) is 0 Å². The number of hydrogen-bond donors (Lipinski definition) is 1. The highest BCUT2D eigenvalue weighted by Gasteiger charge is 2.20. The third-order valence-corrected chi connectivity index (χ3v) is 3.99. The predicted octanol–water partition coefficient (Wildman–Crippen LogP) is 4.27. The molecule has 0 heterocycles. The Balaban J connectivity index is 1.77. The van der Waals surface area contributed by atoms with Gasteiger partial charge in [0.2, 0.25) is 0 Å². The molecular weight excluding hydrogens is 270 g/mol. The Bertz CT molecular complexity index is 590. The molecule has 0 aliphatic heterocycles. The van der Waals surface area contributed by atoms with Crippen molar-refractivity contribution in [2.24, 2.45) is 0 Å². The summed E-state index contributed by atoms with van der Waals surface area (Å²) in [6.45, 7) is 0.854. The van der Waals surface area contributed by atoms with E-state index >= 15 is 0 Å². The van der Waals surface area contributed by atoms with Crippen molar-refractivity contribution in [1.82, 2.24) is 5.32 Å². The van der Waals surface area contributed by atoms with Gasteiger partial charge in [0.25, 0.3) is 0 Å². The fourth-order valence-corrected chi connectivity index (χ4v) is 2.44. The Kier molecular flexibility index (Phi) is 3.95. The van der Waals surface area contributed by atoms with Gasteiger partial charge in [0, 0.05) is 17.6 Å². The molecule has 0 unspecified atom stereocenters. The van der Waals surface area contributed by atoms with Gasteiger partial charge < -0.3 is 10.1 Å². The van der Waals surface area contributed by atoms with Crippen LogP contribution in [0.1, 0.15) is 18.4 Å². The van der Waals surface area contributed by atoms with Gasteiger partial charge in [-0.25, -0.2) is 0 Å². The number of halogens is 1. The molecular formula is C17H18ClNO. The Morgan fingerprint density at radius 2 is 1.80 bits per heavy atom. The molecule has 104 valence electrons. The second-order valence-corrected chi connectivity index (χ2v) is 5.60.